The molecule has 0 spiro atoms. The van der Waals surface area contributed by atoms with E-state index < -0.39 is 18.1 Å². The van der Waals surface area contributed by atoms with Crippen LogP contribution in [-0.2, 0) is 11.2 Å². The SMILES string of the molecule is COc1ccc([C@H](CC(=O)O)N2CCN(CCCc3ccc4c(n3)NCCC4O)C2=O)cn1. The van der Waals surface area contributed by atoms with E-state index in [-0.39, 0.29) is 12.5 Å². The Morgan fingerprint density at radius 1 is 1.30 bits per heavy atom. The number of fused-ring (bicyclic) bond motifs is 1. The maximum absolute atomic E-state index is 13.1. The average Bonchev–Trinajstić information content (AvgIpc) is 3.17. The van der Waals surface area contributed by atoms with Crippen molar-refractivity contribution in [2.75, 3.05) is 38.6 Å². The molecule has 176 valence electrons. The van der Waals surface area contributed by atoms with E-state index in [9.17, 15) is 19.8 Å². The lowest BCUT2D eigenvalue weighted by Crippen LogP contribution is -2.36. The molecule has 0 bridgehead atoms. The van der Waals surface area contributed by atoms with Crippen LogP contribution in [0.3, 0.4) is 0 Å². The molecule has 4 rings (SSSR count). The van der Waals surface area contributed by atoms with Crippen LogP contribution >= 0.6 is 0 Å². The Kier molecular flexibility index (Phi) is 6.93. The molecule has 10 nitrogen and oxygen atoms in total. The van der Waals surface area contributed by atoms with Crippen LogP contribution in [0.15, 0.2) is 30.5 Å². The molecule has 0 aromatic carbocycles. The van der Waals surface area contributed by atoms with Crippen molar-refractivity contribution in [2.24, 2.45) is 0 Å². The summed E-state index contributed by atoms with van der Waals surface area (Å²) in [5, 5.41) is 22.7. The molecule has 0 aliphatic carbocycles. The standard InChI is InChI=1S/C23H29N5O5/c1-33-20-7-4-15(14-25-20)18(13-21(30)31)28-12-11-27(23(28)32)10-2-3-16-5-6-17-19(29)8-9-24-22(17)26-16/h4-7,14,18-19,29H,2-3,8-13H2,1H3,(H,24,26)(H,30,31)/t18-,19?/m0/s1. The number of nitrogens with zero attached hydrogens (tertiary/aromatic N) is 4. The first-order valence-electron chi connectivity index (χ1n) is 11.2. The third-order valence-electron chi connectivity index (χ3n) is 6.14. The van der Waals surface area contributed by atoms with Gasteiger partial charge in [0.25, 0.3) is 0 Å². The van der Waals surface area contributed by atoms with Crippen LogP contribution < -0.4 is 10.1 Å². The van der Waals surface area contributed by atoms with Gasteiger partial charge in [0.05, 0.1) is 25.7 Å². The number of carbonyl (C=O) groups excluding carboxylic acids is 1. The summed E-state index contributed by atoms with van der Waals surface area (Å²) in [6.07, 6.45) is 3.02. The quantitative estimate of drug-likeness (QED) is 0.525. The van der Waals surface area contributed by atoms with Gasteiger partial charge < -0.3 is 30.1 Å². The highest BCUT2D eigenvalue weighted by molar-refractivity contribution is 5.78. The zero-order valence-electron chi connectivity index (χ0n) is 18.6. The van der Waals surface area contributed by atoms with Crippen molar-refractivity contribution in [3.05, 3.63) is 47.3 Å². The molecule has 2 aliphatic heterocycles. The van der Waals surface area contributed by atoms with Gasteiger partial charge in [-0.2, -0.15) is 0 Å². The minimum absolute atomic E-state index is 0.166. The van der Waals surface area contributed by atoms with Crippen LogP contribution in [0.25, 0.3) is 0 Å². The van der Waals surface area contributed by atoms with Crippen LogP contribution in [0.4, 0.5) is 10.6 Å². The van der Waals surface area contributed by atoms with Crippen molar-refractivity contribution in [3.8, 4) is 5.88 Å². The fourth-order valence-corrected chi connectivity index (χ4v) is 4.37. The van der Waals surface area contributed by atoms with Crippen LogP contribution in [0.1, 0.15) is 48.2 Å². The van der Waals surface area contributed by atoms with Crippen LogP contribution in [0.5, 0.6) is 5.88 Å². The van der Waals surface area contributed by atoms with Crippen molar-refractivity contribution >= 4 is 17.8 Å². The van der Waals surface area contributed by atoms with Gasteiger partial charge in [-0.25, -0.2) is 14.8 Å². The molecule has 2 aromatic rings. The molecular weight excluding hydrogens is 426 g/mol. The lowest BCUT2D eigenvalue weighted by Gasteiger charge is -2.27. The number of hydrogen-bond donors (Lipinski definition) is 3. The summed E-state index contributed by atoms with van der Waals surface area (Å²) in [5.74, 6) is 0.196. The molecule has 2 aliphatic rings. The highest BCUT2D eigenvalue weighted by Gasteiger charge is 2.35. The van der Waals surface area contributed by atoms with Gasteiger partial charge in [-0.15, -0.1) is 0 Å². The summed E-state index contributed by atoms with van der Waals surface area (Å²) in [5.41, 5.74) is 2.40. The molecule has 33 heavy (non-hydrogen) atoms. The predicted molar refractivity (Wildman–Crippen MR) is 120 cm³/mol. The number of urea groups is 1. The molecule has 1 saturated heterocycles. The Labute approximate surface area is 192 Å². The Morgan fingerprint density at radius 2 is 2.15 bits per heavy atom. The topological polar surface area (TPSA) is 128 Å². The maximum Gasteiger partial charge on any atom is 0.320 e. The second-order valence-corrected chi connectivity index (χ2v) is 8.29. The third kappa shape index (κ3) is 5.16. The van der Waals surface area contributed by atoms with Gasteiger partial charge in [-0.05, 0) is 30.9 Å². The molecule has 2 atom stereocenters. The molecule has 1 unspecified atom stereocenters. The van der Waals surface area contributed by atoms with Gasteiger partial charge in [0.1, 0.15) is 5.82 Å². The molecule has 10 heteroatoms. The number of hydrogen-bond acceptors (Lipinski definition) is 7. The lowest BCUT2D eigenvalue weighted by molar-refractivity contribution is -0.138. The second-order valence-electron chi connectivity index (χ2n) is 8.29. The lowest BCUT2D eigenvalue weighted by atomic mass is 10.0. The van der Waals surface area contributed by atoms with Gasteiger partial charge >= 0.3 is 12.0 Å². The number of anilines is 1. The Hall–Kier alpha value is -3.40. The Balaban J connectivity index is 1.36. The van der Waals surface area contributed by atoms with Crippen molar-refractivity contribution in [1.29, 1.82) is 0 Å². The number of aryl methyl sites for hydroxylation is 1. The predicted octanol–water partition coefficient (Wildman–Crippen LogP) is 2.22. The van der Waals surface area contributed by atoms with Gasteiger partial charge in [0, 0.05) is 49.7 Å². The number of aromatic nitrogens is 2. The minimum atomic E-state index is -0.973. The normalized spacial score (nSPS) is 18.6. The van der Waals surface area contributed by atoms with Gasteiger partial charge in [-0.3, -0.25) is 4.79 Å². The van der Waals surface area contributed by atoms with E-state index in [2.05, 4.69) is 15.3 Å². The van der Waals surface area contributed by atoms with Gasteiger partial charge in [-0.1, -0.05) is 12.1 Å². The van der Waals surface area contributed by atoms with Crippen LogP contribution in [-0.4, -0.2) is 75.3 Å². The highest BCUT2D eigenvalue weighted by atomic mass is 16.5. The monoisotopic (exact) mass is 455 g/mol. The Bertz CT molecular complexity index is 999. The molecular formula is C23H29N5O5. The number of carboxylic acid groups (broad SMARTS) is 1. The van der Waals surface area contributed by atoms with Gasteiger partial charge in [0.15, 0.2) is 0 Å². The largest absolute Gasteiger partial charge is 0.481 e. The van der Waals surface area contributed by atoms with Crippen LogP contribution in [0, 0.1) is 0 Å². The molecule has 0 saturated carbocycles. The summed E-state index contributed by atoms with van der Waals surface area (Å²) < 4.78 is 5.07. The number of methoxy groups -OCH3 is 1. The number of pyridine rings is 2. The molecule has 1 fully saturated rings. The second kappa shape index (κ2) is 10.0. The van der Waals surface area contributed by atoms with Gasteiger partial charge in [0.2, 0.25) is 5.88 Å². The number of nitrogens with one attached hydrogen (secondary N) is 1. The van der Waals surface area contributed by atoms with E-state index in [1.807, 2.05) is 12.1 Å². The first-order chi connectivity index (χ1) is 16.0. The van der Waals surface area contributed by atoms with Crippen molar-refractivity contribution < 1.29 is 24.5 Å². The van der Waals surface area contributed by atoms with Crippen molar-refractivity contribution in [2.45, 2.75) is 37.8 Å². The maximum atomic E-state index is 13.1. The number of aliphatic carboxylic acids is 1. The molecule has 3 N–H and O–H groups in total. The fourth-order valence-electron chi connectivity index (χ4n) is 4.37. The zero-order valence-corrected chi connectivity index (χ0v) is 18.6. The number of rotatable bonds is 9. The van der Waals surface area contributed by atoms with Crippen molar-refractivity contribution in [3.63, 3.8) is 0 Å². The van der Waals surface area contributed by atoms with E-state index in [1.165, 1.54) is 7.11 Å². The van der Waals surface area contributed by atoms with E-state index >= 15 is 0 Å². The molecule has 2 aromatic heterocycles. The number of amides is 2. The molecule has 2 amide bonds. The fraction of sp³-hybridized carbons (Fsp3) is 0.478. The highest BCUT2D eigenvalue weighted by Crippen LogP contribution is 2.30. The number of carbonyl (C=O) groups is 2. The van der Waals surface area contributed by atoms with E-state index in [1.54, 1.807) is 28.1 Å². The molecule has 4 heterocycles. The summed E-state index contributed by atoms with van der Waals surface area (Å²) in [7, 11) is 1.51. The number of ether oxygens (including phenoxy) is 1. The Morgan fingerprint density at radius 3 is 2.88 bits per heavy atom. The summed E-state index contributed by atoms with van der Waals surface area (Å²) >= 11 is 0. The first-order valence-corrected chi connectivity index (χ1v) is 11.2. The third-order valence-corrected chi connectivity index (χ3v) is 6.14. The average molecular weight is 456 g/mol. The minimum Gasteiger partial charge on any atom is -0.481 e. The number of aliphatic hydroxyl groups excluding tert-OH is 1. The number of carboxylic acids is 1. The van der Waals surface area contributed by atoms with E-state index in [0.717, 1.165) is 23.5 Å². The summed E-state index contributed by atoms with van der Waals surface area (Å²) in [6, 6.07) is 6.51. The van der Waals surface area contributed by atoms with Crippen molar-refractivity contribution in [1.82, 2.24) is 19.8 Å². The molecule has 0 radical (unpaired) electrons. The number of aliphatic hydroxyl groups is 1. The summed E-state index contributed by atoms with van der Waals surface area (Å²) in [4.78, 5) is 36.7. The smallest absolute Gasteiger partial charge is 0.320 e. The first kappa shape index (κ1) is 22.8. The summed E-state index contributed by atoms with van der Waals surface area (Å²) in [6.45, 7) is 2.26. The van der Waals surface area contributed by atoms with Crippen LogP contribution in [0.2, 0.25) is 0 Å². The zero-order chi connectivity index (χ0) is 23.4. The van der Waals surface area contributed by atoms with E-state index in [0.29, 0.717) is 50.5 Å². The van der Waals surface area contributed by atoms with E-state index in [4.69, 9.17) is 4.74 Å².